The van der Waals surface area contributed by atoms with Crippen LogP contribution in [0.1, 0.15) is 46.0 Å². The van der Waals surface area contributed by atoms with Gasteiger partial charge in [0.05, 0.1) is 12.5 Å². The van der Waals surface area contributed by atoms with Gasteiger partial charge in [0.25, 0.3) is 0 Å². The van der Waals surface area contributed by atoms with Crippen LogP contribution in [0.15, 0.2) is 0 Å². The van der Waals surface area contributed by atoms with Crippen LogP contribution in [0.3, 0.4) is 0 Å². The van der Waals surface area contributed by atoms with Gasteiger partial charge in [-0.2, -0.15) is 0 Å². The number of hydrogen-bond acceptors (Lipinski definition) is 6. The monoisotopic (exact) mass is 374 g/mol. The van der Waals surface area contributed by atoms with Crippen LogP contribution in [0.25, 0.3) is 0 Å². The second kappa shape index (κ2) is 12.2. The molecule has 4 unspecified atom stereocenters. The standard InChI is InChI=1S/C16H30N4O6/c1-3-9(2)13(16(25)26)20-15(24)11(6-4-5-7-17)19-14(23)10(18)8-12(21)22/h9-11,13H,3-8,17-18H2,1-2H3,(H,19,23)(H,20,24)(H,21,22)(H,25,26). The zero-order chi connectivity index (χ0) is 20.3. The Kier molecular flexibility index (Phi) is 11.2. The number of rotatable bonds is 13. The largest absolute Gasteiger partial charge is 0.481 e. The fraction of sp³-hybridized carbons (Fsp3) is 0.750. The molecule has 0 aliphatic rings. The van der Waals surface area contributed by atoms with Crippen molar-refractivity contribution in [1.82, 2.24) is 10.6 Å². The van der Waals surface area contributed by atoms with Crippen LogP contribution >= 0.6 is 0 Å². The molecule has 0 aromatic heterocycles. The van der Waals surface area contributed by atoms with Gasteiger partial charge in [-0.3, -0.25) is 14.4 Å². The molecule has 2 amide bonds. The first-order valence-electron chi connectivity index (χ1n) is 8.64. The summed E-state index contributed by atoms with van der Waals surface area (Å²) in [6.45, 7) is 3.91. The first-order chi connectivity index (χ1) is 12.1. The molecular weight excluding hydrogens is 344 g/mol. The summed E-state index contributed by atoms with van der Waals surface area (Å²) in [6, 6.07) is -3.41. The molecule has 0 aliphatic carbocycles. The Morgan fingerprint density at radius 3 is 2.12 bits per heavy atom. The van der Waals surface area contributed by atoms with Gasteiger partial charge in [0.1, 0.15) is 12.1 Å². The van der Waals surface area contributed by atoms with Gasteiger partial charge in [-0.05, 0) is 31.7 Å². The van der Waals surface area contributed by atoms with Crippen molar-refractivity contribution in [2.24, 2.45) is 17.4 Å². The lowest BCUT2D eigenvalue weighted by Crippen LogP contribution is -2.55. The zero-order valence-electron chi connectivity index (χ0n) is 15.2. The molecule has 0 heterocycles. The van der Waals surface area contributed by atoms with Gasteiger partial charge in [-0.1, -0.05) is 20.3 Å². The summed E-state index contributed by atoms with van der Waals surface area (Å²) in [5, 5.41) is 22.8. The van der Waals surface area contributed by atoms with E-state index < -0.39 is 48.3 Å². The number of aliphatic carboxylic acids is 2. The number of carboxylic acids is 2. The van der Waals surface area contributed by atoms with Gasteiger partial charge in [0, 0.05) is 0 Å². The van der Waals surface area contributed by atoms with Crippen molar-refractivity contribution in [3.8, 4) is 0 Å². The predicted octanol–water partition coefficient (Wildman–Crippen LogP) is -0.982. The second-order valence-corrected chi connectivity index (χ2v) is 6.26. The highest BCUT2D eigenvalue weighted by Crippen LogP contribution is 2.10. The molecule has 4 atom stereocenters. The van der Waals surface area contributed by atoms with Crippen LogP contribution in [0.2, 0.25) is 0 Å². The predicted molar refractivity (Wildman–Crippen MR) is 94.1 cm³/mol. The fourth-order valence-electron chi connectivity index (χ4n) is 2.26. The second-order valence-electron chi connectivity index (χ2n) is 6.26. The first kappa shape index (κ1) is 23.8. The molecule has 0 fully saturated rings. The van der Waals surface area contributed by atoms with Crippen molar-refractivity contribution in [2.75, 3.05) is 6.54 Å². The Morgan fingerprint density at radius 1 is 1.04 bits per heavy atom. The van der Waals surface area contributed by atoms with Crippen molar-refractivity contribution in [1.29, 1.82) is 0 Å². The van der Waals surface area contributed by atoms with Gasteiger partial charge < -0.3 is 32.3 Å². The van der Waals surface area contributed by atoms with Gasteiger partial charge >= 0.3 is 11.9 Å². The van der Waals surface area contributed by atoms with Gasteiger partial charge in [-0.15, -0.1) is 0 Å². The molecule has 8 N–H and O–H groups in total. The number of carboxylic acid groups (broad SMARTS) is 2. The maximum absolute atomic E-state index is 12.5. The molecule has 0 rings (SSSR count). The lowest BCUT2D eigenvalue weighted by atomic mass is 9.98. The number of carbonyl (C=O) groups excluding carboxylic acids is 2. The van der Waals surface area contributed by atoms with E-state index in [4.69, 9.17) is 16.6 Å². The number of hydrogen-bond donors (Lipinski definition) is 6. The van der Waals surface area contributed by atoms with E-state index in [9.17, 15) is 24.3 Å². The molecule has 10 nitrogen and oxygen atoms in total. The third kappa shape index (κ3) is 8.77. The average molecular weight is 374 g/mol. The highest BCUT2D eigenvalue weighted by atomic mass is 16.4. The molecule has 150 valence electrons. The lowest BCUT2D eigenvalue weighted by molar-refractivity contribution is -0.144. The van der Waals surface area contributed by atoms with E-state index >= 15 is 0 Å². The van der Waals surface area contributed by atoms with Crippen molar-refractivity contribution >= 4 is 23.8 Å². The maximum atomic E-state index is 12.5. The number of amides is 2. The van der Waals surface area contributed by atoms with Gasteiger partial charge in [-0.25, -0.2) is 4.79 Å². The van der Waals surface area contributed by atoms with Crippen LogP contribution in [-0.4, -0.2) is 58.6 Å². The summed E-state index contributed by atoms with van der Waals surface area (Å²) in [4.78, 5) is 46.5. The van der Waals surface area contributed by atoms with E-state index in [1.54, 1.807) is 13.8 Å². The van der Waals surface area contributed by atoms with E-state index in [1.165, 1.54) is 0 Å². The van der Waals surface area contributed by atoms with E-state index in [-0.39, 0.29) is 12.3 Å². The highest BCUT2D eigenvalue weighted by molar-refractivity contribution is 5.92. The number of carbonyl (C=O) groups is 4. The maximum Gasteiger partial charge on any atom is 0.326 e. The van der Waals surface area contributed by atoms with Crippen LogP contribution in [0, 0.1) is 5.92 Å². The molecule has 0 saturated carbocycles. The average Bonchev–Trinajstić information content (AvgIpc) is 2.56. The van der Waals surface area contributed by atoms with E-state index in [1.807, 2.05) is 0 Å². The normalized spacial score (nSPS) is 15.4. The molecule has 26 heavy (non-hydrogen) atoms. The molecule has 0 aliphatic heterocycles. The topological polar surface area (TPSA) is 185 Å². The Morgan fingerprint density at radius 2 is 1.65 bits per heavy atom. The van der Waals surface area contributed by atoms with Gasteiger partial charge in [0.15, 0.2) is 0 Å². The molecule has 0 aromatic rings. The lowest BCUT2D eigenvalue weighted by Gasteiger charge is -2.25. The Bertz CT molecular complexity index is 499. The first-order valence-corrected chi connectivity index (χ1v) is 8.64. The smallest absolute Gasteiger partial charge is 0.326 e. The molecule has 0 saturated heterocycles. The van der Waals surface area contributed by atoms with E-state index in [0.29, 0.717) is 25.8 Å². The minimum atomic E-state index is -1.30. The van der Waals surface area contributed by atoms with Crippen LogP contribution in [0.4, 0.5) is 0 Å². The molecule has 0 radical (unpaired) electrons. The minimum Gasteiger partial charge on any atom is -0.481 e. The van der Waals surface area contributed by atoms with Crippen molar-refractivity contribution in [2.45, 2.75) is 64.1 Å². The Balaban J connectivity index is 5.08. The number of nitrogens with two attached hydrogens (primary N) is 2. The number of nitrogens with one attached hydrogen (secondary N) is 2. The zero-order valence-corrected chi connectivity index (χ0v) is 15.2. The Hall–Kier alpha value is -2.20. The summed E-state index contributed by atoms with van der Waals surface area (Å²) in [5.41, 5.74) is 10.9. The van der Waals surface area contributed by atoms with Crippen molar-refractivity contribution < 1.29 is 29.4 Å². The number of unbranched alkanes of at least 4 members (excludes halogenated alkanes) is 1. The quantitative estimate of drug-likeness (QED) is 0.222. The SMILES string of the molecule is CCC(C)C(NC(=O)C(CCCCN)NC(=O)C(N)CC(=O)O)C(=O)O. The van der Waals surface area contributed by atoms with Crippen molar-refractivity contribution in [3.63, 3.8) is 0 Å². The molecule has 10 heteroatoms. The van der Waals surface area contributed by atoms with Gasteiger partial charge in [0.2, 0.25) is 11.8 Å². The summed E-state index contributed by atoms with van der Waals surface area (Å²) in [5.74, 6) is -4.13. The highest BCUT2D eigenvalue weighted by Gasteiger charge is 2.30. The summed E-state index contributed by atoms with van der Waals surface area (Å²) >= 11 is 0. The van der Waals surface area contributed by atoms with Crippen molar-refractivity contribution in [3.05, 3.63) is 0 Å². The van der Waals surface area contributed by atoms with Crippen LogP contribution in [0.5, 0.6) is 0 Å². The summed E-state index contributed by atoms with van der Waals surface area (Å²) in [6.07, 6.45) is 1.36. The minimum absolute atomic E-state index is 0.238. The summed E-state index contributed by atoms with van der Waals surface area (Å²) < 4.78 is 0. The summed E-state index contributed by atoms with van der Waals surface area (Å²) in [7, 11) is 0. The Labute approximate surface area is 152 Å². The fourth-order valence-corrected chi connectivity index (χ4v) is 2.26. The molecule has 0 bridgehead atoms. The van der Waals surface area contributed by atoms with Crippen LogP contribution in [-0.2, 0) is 19.2 Å². The molecule has 0 aromatic carbocycles. The van der Waals surface area contributed by atoms with E-state index in [0.717, 1.165) is 0 Å². The third-order valence-electron chi connectivity index (χ3n) is 4.09. The van der Waals surface area contributed by atoms with E-state index in [2.05, 4.69) is 10.6 Å². The van der Waals surface area contributed by atoms with Crippen LogP contribution < -0.4 is 22.1 Å². The molecular formula is C16H30N4O6. The molecule has 0 spiro atoms. The third-order valence-corrected chi connectivity index (χ3v) is 4.09.